The summed E-state index contributed by atoms with van der Waals surface area (Å²) in [6.45, 7) is 27.1. The zero-order valence-corrected chi connectivity index (χ0v) is 20.9. The molecule has 0 rings (SSSR count). The van der Waals surface area contributed by atoms with Gasteiger partial charge in [0, 0.05) is 12.3 Å². The number of unbranched alkanes of at least 4 members (excludes halogenated alkanes) is 1. The Morgan fingerprint density at radius 3 is 2.17 bits per heavy atom. The Balaban J connectivity index is 4.75. The minimum absolute atomic E-state index is 0.184. The number of allylic oxidation sites excluding steroid dienone is 9. The van der Waals surface area contributed by atoms with Crippen molar-refractivity contribution < 1.29 is 4.39 Å². The zero-order chi connectivity index (χ0) is 23.4. The van der Waals surface area contributed by atoms with Gasteiger partial charge in [-0.3, -0.25) is 0 Å². The van der Waals surface area contributed by atoms with Gasteiger partial charge in [0.1, 0.15) is 5.67 Å². The molecule has 1 atom stereocenters. The molecule has 0 aliphatic rings. The van der Waals surface area contributed by atoms with E-state index in [1.807, 2.05) is 12.2 Å². The van der Waals surface area contributed by atoms with Gasteiger partial charge in [0.2, 0.25) is 0 Å². The van der Waals surface area contributed by atoms with Crippen LogP contribution in [0.25, 0.3) is 0 Å². The first-order valence-electron chi connectivity index (χ1n) is 11.6. The van der Waals surface area contributed by atoms with Gasteiger partial charge >= 0.3 is 0 Å². The maximum Gasteiger partial charge on any atom is 0.109 e. The van der Waals surface area contributed by atoms with Gasteiger partial charge < -0.3 is 0 Å². The Kier molecular flexibility index (Phi) is 12.9. The summed E-state index contributed by atoms with van der Waals surface area (Å²) >= 11 is 0. The van der Waals surface area contributed by atoms with Crippen LogP contribution in [0.1, 0.15) is 93.4 Å². The highest BCUT2D eigenvalue weighted by Gasteiger charge is 2.17. The van der Waals surface area contributed by atoms with Crippen LogP contribution in [-0.2, 0) is 0 Å². The Bertz CT molecular complexity index is 646. The highest BCUT2D eigenvalue weighted by atomic mass is 19.1. The molecule has 0 radical (unpaired) electrons. The van der Waals surface area contributed by atoms with Gasteiger partial charge in [0.15, 0.2) is 0 Å². The molecule has 0 fully saturated rings. The molecule has 0 aliphatic carbocycles. The average Bonchev–Trinajstić information content (AvgIpc) is 2.66. The van der Waals surface area contributed by atoms with Crippen molar-refractivity contribution in [2.75, 3.05) is 0 Å². The van der Waals surface area contributed by atoms with Crippen molar-refractivity contribution in [2.24, 2.45) is 11.3 Å². The molecule has 1 heteroatoms. The lowest BCUT2D eigenvalue weighted by Crippen LogP contribution is -2.12. The summed E-state index contributed by atoms with van der Waals surface area (Å²) < 4.78 is 14.1. The predicted octanol–water partition coefficient (Wildman–Crippen LogP) is 9.87. The van der Waals surface area contributed by atoms with E-state index in [1.54, 1.807) is 13.8 Å². The largest absolute Gasteiger partial charge is 0.244 e. The molecule has 0 aromatic carbocycles. The lowest BCUT2D eigenvalue weighted by atomic mass is 9.84. The van der Waals surface area contributed by atoms with Crippen molar-refractivity contribution in [1.29, 1.82) is 0 Å². The first kappa shape index (κ1) is 28.4. The lowest BCUT2D eigenvalue weighted by molar-refractivity contribution is 0.218. The third kappa shape index (κ3) is 13.6. The molecule has 30 heavy (non-hydrogen) atoms. The summed E-state index contributed by atoms with van der Waals surface area (Å²) in [7, 11) is 0. The predicted molar refractivity (Wildman–Crippen MR) is 136 cm³/mol. The molecule has 170 valence electrons. The van der Waals surface area contributed by atoms with Gasteiger partial charge in [-0.05, 0) is 56.1 Å². The molecule has 0 aromatic rings. The second-order valence-electron chi connectivity index (χ2n) is 10.0. The van der Waals surface area contributed by atoms with E-state index in [4.69, 9.17) is 0 Å². The molecule has 0 nitrogen and oxygen atoms in total. The summed E-state index contributed by atoms with van der Waals surface area (Å²) in [4.78, 5) is 0. The van der Waals surface area contributed by atoms with E-state index in [2.05, 4.69) is 72.6 Å². The van der Waals surface area contributed by atoms with E-state index in [0.717, 1.165) is 48.8 Å². The molecule has 0 heterocycles. The van der Waals surface area contributed by atoms with Crippen molar-refractivity contribution in [3.05, 3.63) is 72.4 Å². The van der Waals surface area contributed by atoms with Gasteiger partial charge in [-0.2, -0.15) is 0 Å². The molecule has 0 amide bonds. The summed E-state index contributed by atoms with van der Waals surface area (Å²) in [5.74, 6) is 0.184. The van der Waals surface area contributed by atoms with Gasteiger partial charge in [-0.1, -0.05) is 109 Å². The van der Waals surface area contributed by atoms with Crippen molar-refractivity contribution in [3.8, 4) is 0 Å². The van der Waals surface area contributed by atoms with Gasteiger partial charge in [0.05, 0.1) is 0 Å². The van der Waals surface area contributed by atoms with Crippen molar-refractivity contribution in [3.63, 3.8) is 0 Å². The van der Waals surface area contributed by atoms with Gasteiger partial charge in [0.25, 0.3) is 0 Å². The quantitative estimate of drug-likeness (QED) is 0.185. The van der Waals surface area contributed by atoms with E-state index in [1.165, 1.54) is 12.0 Å². The van der Waals surface area contributed by atoms with Crippen LogP contribution >= 0.6 is 0 Å². The smallest absolute Gasteiger partial charge is 0.109 e. The van der Waals surface area contributed by atoms with Crippen molar-refractivity contribution in [2.45, 2.75) is 99.1 Å². The molecule has 0 saturated heterocycles. The standard InChI is InChI=1S/C29H47F/c1-11-13-17-27(22-29(9,10)30)19-18-25(5)26(6)24(4)16-14-15-23(3)20-21-28(7,8)12-2/h14-15,17-19,26H,3-5,11-13,16,20-22H2,1-2,6-10H3/b15-14-,19-18-,27-17+. The SMILES string of the molecule is C=C(/C=C\CC(=C)C(C)C(=C)/C=C\C(=C/CCC)CC(C)(C)F)CCC(C)(C)CC. The van der Waals surface area contributed by atoms with Crippen LogP contribution in [-0.4, -0.2) is 5.67 Å². The van der Waals surface area contributed by atoms with Crippen LogP contribution in [0.15, 0.2) is 72.4 Å². The van der Waals surface area contributed by atoms with E-state index in [9.17, 15) is 4.39 Å². The van der Waals surface area contributed by atoms with Crippen LogP contribution in [0.5, 0.6) is 0 Å². The number of hydrogen-bond donors (Lipinski definition) is 0. The van der Waals surface area contributed by atoms with Crippen LogP contribution in [0, 0.1) is 11.3 Å². The second kappa shape index (κ2) is 13.6. The van der Waals surface area contributed by atoms with E-state index in [0.29, 0.717) is 11.8 Å². The molecular weight excluding hydrogens is 367 g/mol. The normalized spacial score (nSPS) is 14.5. The van der Waals surface area contributed by atoms with Gasteiger partial charge in [-0.25, -0.2) is 4.39 Å². The Hall–Kier alpha value is -1.63. The molecule has 1 unspecified atom stereocenters. The van der Waals surface area contributed by atoms with E-state index >= 15 is 0 Å². The molecule has 0 aromatic heterocycles. The Morgan fingerprint density at radius 2 is 1.63 bits per heavy atom. The van der Waals surface area contributed by atoms with Crippen LogP contribution in [0.4, 0.5) is 4.39 Å². The maximum absolute atomic E-state index is 14.1. The molecule has 0 spiro atoms. The summed E-state index contributed by atoms with van der Waals surface area (Å²) in [6, 6.07) is 0. The molecule has 0 saturated carbocycles. The molecular formula is C29H47F. The van der Waals surface area contributed by atoms with E-state index < -0.39 is 5.67 Å². The second-order valence-corrected chi connectivity index (χ2v) is 10.0. The van der Waals surface area contributed by atoms with Crippen LogP contribution in [0.2, 0.25) is 0 Å². The monoisotopic (exact) mass is 414 g/mol. The highest BCUT2D eigenvalue weighted by Crippen LogP contribution is 2.28. The third-order valence-corrected chi connectivity index (χ3v) is 5.81. The first-order valence-corrected chi connectivity index (χ1v) is 11.6. The molecule has 0 N–H and O–H groups in total. The lowest BCUT2D eigenvalue weighted by Gasteiger charge is -2.22. The zero-order valence-electron chi connectivity index (χ0n) is 20.9. The fourth-order valence-corrected chi connectivity index (χ4v) is 2.95. The number of halogens is 1. The summed E-state index contributed by atoms with van der Waals surface area (Å²) in [5.41, 5.74) is 3.52. The maximum atomic E-state index is 14.1. The summed E-state index contributed by atoms with van der Waals surface area (Å²) in [5, 5.41) is 0. The highest BCUT2D eigenvalue weighted by molar-refractivity contribution is 5.32. The number of hydrogen-bond acceptors (Lipinski definition) is 0. The fraction of sp³-hybridized carbons (Fsp3) is 0.586. The van der Waals surface area contributed by atoms with Crippen LogP contribution < -0.4 is 0 Å². The topological polar surface area (TPSA) is 0 Å². The Morgan fingerprint density at radius 1 is 1.00 bits per heavy atom. The molecule has 0 bridgehead atoms. The fourth-order valence-electron chi connectivity index (χ4n) is 2.95. The average molecular weight is 415 g/mol. The van der Waals surface area contributed by atoms with Gasteiger partial charge in [-0.15, -0.1) is 0 Å². The number of rotatable bonds is 15. The number of alkyl halides is 1. The first-order chi connectivity index (χ1) is 13.8. The third-order valence-electron chi connectivity index (χ3n) is 5.81. The molecule has 0 aliphatic heterocycles. The van der Waals surface area contributed by atoms with E-state index in [-0.39, 0.29) is 5.92 Å². The Labute approximate surface area is 187 Å². The van der Waals surface area contributed by atoms with Crippen molar-refractivity contribution >= 4 is 0 Å². The minimum Gasteiger partial charge on any atom is -0.244 e. The minimum atomic E-state index is -1.21. The van der Waals surface area contributed by atoms with Crippen LogP contribution in [0.3, 0.4) is 0 Å². The van der Waals surface area contributed by atoms with Crippen molar-refractivity contribution in [1.82, 2.24) is 0 Å². The summed E-state index contributed by atoms with van der Waals surface area (Å²) in [6.07, 6.45) is 17.1.